The standard InChI is InChI=1S/C21H27BF2N2O3/c1-4-27-11-15-8-17(10-18(22)9-15)21(26,12-28-14(3)25)16-5-6-19(13(2)7-16)29-20(23)24/h5-10,20H,3-4,11-12,22,25-26H2,1-2H3. The van der Waals surface area contributed by atoms with E-state index >= 15 is 0 Å². The largest absolute Gasteiger partial charge is 0.477 e. The fraction of sp³-hybridized carbons (Fsp3) is 0.333. The van der Waals surface area contributed by atoms with Gasteiger partial charge in [-0.2, -0.15) is 8.78 Å². The van der Waals surface area contributed by atoms with Gasteiger partial charge in [0.1, 0.15) is 25.7 Å². The Balaban J connectivity index is 2.52. The van der Waals surface area contributed by atoms with Crippen LogP contribution in [0, 0.1) is 6.92 Å². The van der Waals surface area contributed by atoms with E-state index in [1.54, 1.807) is 19.1 Å². The summed E-state index contributed by atoms with van der Waals surface area (Å²) < 4.78 is 40.8. The lowest BCUT2D eigenvalue weighted by Gasteiger charge is -2.32. The van der Waals surface area contributed by atoms with Crippen molar-refractivity contribution in [1.82, 2.24) is 0 Å². The van der Waals surface area contributed by atoms with Gasteiger partial charge in [-0.25, -0.2) is 0 Å². The molecule has 5 nitrogen and oxygen atoms in total. The topological polar surface area (TPSA) is 79.7 Å². The highest BCUT2D eigenvalue weighted by atomic mass is 19.3. The minimum atomic E-state index is -2.90. The molecule has 0 saturated carbocycles. The van der Waals surface area contributed by atoms with Crippen molar-refractivity contribution in [2.45, 2.75) is 32.6 Å². The van der Waals surface area contributed by atoms with Gasteiger partial charge in [0.25, 0.3) is 0 Å². The smallest absolute Gasteiger partial charge is 0.387 e. The quantitative estimate of drug-likeness (QED) is 0.468. The molecular formula is C21H27BF2N2O3. The zero-order valence-electron chi connectivity index (χ0n) is 17.0. The van der Waals surface area contributed by atoms with Crippen LogP contribution < -0.4 is 21.7 Å². The molecule has 0 saturated heterocycles. The van der Waals surface area contributed by atoms with Crippen LogP contribution in [-0.2, 0) is 21.6 Å². The predicted octanol–water partition coefficient (Wildman–Crippen LogP) is 2.04. The second-order valence-corrected chi connectivity index (χ2v) is 6.93. The van der Waals surface area contributed by atoms with E-state index in [2.05, 4.69) is 11.3 Å². The van der Waals surface area contributed by atoms with E-state index in [1.165, 1.54) is 6.07 Å². The molecule has 1 atom stereocenters. The zero-order valence-corrected chi connectivity index (χ0v) is 17.0. The van der Waals surface area contributed by atoms with Crippen LogP contribution in [0.2, 0.25) is 0 Å². The second kappa shape index (κ2) is 9.76. The van der Waals surface area contributed by atoms with Gasteiger partial charge in [0, 0.05) is 6.61 Å². The first-order valence-electron chi connectivity index (χ1n) is 9.26. The maximum absolute atomic E-state index is 12.6. The van der Waals surface area contributed by atoms with Crippen molar-refractivity contribution in [2.24, 2.45) is 11.5 Å². The van der Waals surface area contributed by atoms with Gasteiger partial charge in [-0.1, -0.05) is 35.8 Å². The summed E-state index contributed by atoms with van der Waals surface area (Å²) in [6.07, 6.45) is 0. The number of benzene rings is 2. The molecule has 0 radical (unpaired) electrons. The van der Waals surface area contributed by atoms with E-state index in [1.807, 2.05) is 33.0 Å². The van der Waals surface area contributed by atoms with Crippen molar-refractivity contribution in [3.8, 4) is 5.75 Å². The Morgan fingerprint density at radius 3 is 2.52 bits per heavy atom. The van der Waals surface area contributed by atoms with Gasteiger partial charge in [-0.15, -0.1) is 0 Å². The van der Waals surface area contributed by atoms with Crippen LogP contribution >= 0.6 is 0 Å². The minimum Gasteiger partial charge on any atom is -0.477 e. The molecule has 2 aromatic carbocycles. The molecular weight excluding hydrogens is 377 g/mol. The van der Waals surface area contributed by atoms with Gasteiger partial charge in [-0.05, 0) is 48.7 Å². The van der Waals surface area contributed by atoms with Gasteiger partial charge >= 0.3 is 6.61 Å². The summed E-state index contributed by atoms with van der Waals surface area (Å²) in [5.74, 6) is 0.132. The van der Waals surface area contributed by atoms with Gasteiger partial charge in [-0.3, -0.25) is 0 Å². The Kier molecular flexibility index (Phi) is 7.64. The third kappa shape index (κ3) is 5.95. The third-order valence-corrected chi connectivity index (χ3v) is 4.52. The van der Waals surface area contributed by atoms with E-state index in [-0.39, 0.29) is 18.2 Å². The molecule has 29 heavy (non-hydrogen) atoms. The Labute approximate surface area is 171 Å². The lowest BCUT2D eigenvalue weighted by molar-refractivity contribution is -0.0503. The van der Waals surface area contributed by atoms with Crippen LogP contribution in [0.4, 0.5) is 8.78 Å². The van der Waals surface area contributed by atoms with Gasteiger partial charge < -0.3 is 25.7 Å². The van der Waals surface area contributed by atoms with Crippen LogP contribution in [-0.4, -0.2) is 27.7 Å². The molecule has 2 rings (SSSR count). The molecule has 0 fully saturated rings. The molecule has 0 bridgehead atoms. The number of nitrogens with two attached hydrogens (primary N) is 2. The lowest BCUT2D eigenvalue weighted by Crippen LogP contribution is -2.43. The number of ether oxygens (including phenoxy) is 3. The van der Waals surface area contributed by atoms with Crippen molar-refractivity contribution in [3.63, 3.8) is 0 Å². The molecule has 0 aliphatic heterocycles. The first-order valence-corrected chi connectivity index (χ1v) is 9.26. The number of aryl methyl sites for hydroxylation is 1. The molecule has 2 aromatic rings. The molecule has 0 aliphatic rings. The summed E-state index contributed by atoms with van der Waals surface area (Å²) >= 11 is 0. The summed E-state index contributed by atoms with van der Waals surface area (Å²) in [6.45, 7) is 5.34. The van der Waals surface area contributed by atoms with E-state index in [9.17, 15) is 8.78 Å². The van der Waals surface area contributed by atoms with Gasteiger partial charge in [0.05, 0.1) is 6.61 Å². The van der Waals surface area contributed by atoms with E-state index < -0.39 is 12.2 Å². The summed E-state index contributed by atoms with van der Waals surface area (Å²) in [5.41, 5.74) is 15.3. The lowest BCUT2D eigenvalue weighted by atomic mass is 9.80. The van der Waals surface area contributed by atoms with Crippen molar-refractivity contribution in [2.75, 3.05) is 13.2 Å². The average Bonchev–Trinajstić information content (AvgIpc) is 2.65. The highest BCUT2D eigenvalue weighted by Gasteiger charge is 2.32. The maximum Gasteiger partial charge on any atom is 0.387 e. The first kappa shape index (κ1) is 22.7. The van der Waals surface area contributed by atoms with Crippen LogP contribution in [0.1, 0.15) is 29.2 Å². The Hall–Kier alpha value is -2.58. The van der Waals surface area contributed by atoms with Crippen molar-refractivity contribution < 1.29 is 23.0 Å². The monoisotopic (exact) mass is 404 g/mol. The molecule has 0 heterocycles. The van der Waals surface area contributed by atoms with E-state index in [0.29, 0.717) is 24.3 Å². The van der Waals surface area contributed by atoms with E-state index in [0.717, 1.165) is 16.6 Å². The summed E-state index contributed by atoms with van der Waals surface area (Å²) in [5, 5.41) is 0. The molecule has 1 unspecified atom stereocenters. The minimum absolute atomic E-state index is 0.0222. The number of hydrogen-bond acceptors (Lipinski definition) is 5. The van der Waals surface area contributed by atoms with Gasteiger partial charge in [0.2, 0.25) is 0 Å². The van der Waals surface area contributed by atoms with Crippen molar-refractivity contribution >= 4 is 13.3 Å². The van der Waals surface area contributed by atoms with Crippen molar-refractivity contribution in [1.29, 1.82) is 0 Å². The highest BCUT2D eigenvalue weighted by molar-refractivity contribution is 6.32. The van der Waals surface area contributed by atoms with Crippen LogP contribution in [0.15, 0.2) is 48.9 Å². The Bertz CT molecular complexity index is 864. The van der Waals surface area contributed by atoms with Gasteiger partial charge in [0.15, 0.2) is 5.88 Å². The Morgan fingerprint density at radius 1 is 1.21 bits per heavy atom. The molecule has 8 heteroatoms. The molecule has 0 amide bonds. The first-order chi connectivity index (χ1) is 13.7. The fourth-order valence-electron chi connectivity index (χ4n) is 3.12. The van der Waals surface area contributed by atoms with Crippen LogP contribution in [0.25, 0.3) is 0 Å². The van der Waals surface area contributed by atoms with Crippen molar-refractivity contribution in [3.05, 3.63) is 71.1 Å². The van der Waals surface area contributed by atoms with Crippen LogP contribution in [0.5, 0.6) is 5.75 Å². The second-order valence-electron chi connectivity index (χ2n) is 6.93. The van der Waals surface area contributed by atoms with Crippen LogP contribution in [0.3, 0.4) is 0 Å². The van der Waals surface area contributed by atoms with E-state index in [4.69, 9.17) is 20.9 Å². The normalized spacial score (nSPS) is 13.2. The number of rotatable bonds is 10. The SMILES string of the molecule is Bc1cc(COCC)cc(C(N)(COC(=C)N)c2ccc(OC(F)F)c(C)c2)c1. The Morgan fingerprint density at radius 2 is 1.93 bits per heavy atom. The maximum atomic E-state index is 12.6. The zero-order chi connectivity index (χ0) is 21.6. The predicted molar refractivity (Wildman–Crippen MR) is 112 cm³/mol. The molecule has 0 aliphatic carbocycles. The number of alkyl halides is 2. The molecule has 0 aromatic heterocycles. The number of hydrogen-bond donors (Lipinski definition) is 2. The number of halogens is 2. The summed E-state index contributed by atoms with van der Waals surface area (Å²) in [6, 6.07) is 10.8. The summed E-state index contributed by atoms with van der Waals surface area (Å²) in [4.78, 5) is 0. The fourth-order valence-corrected chi connectivity index (χ4v) is 3.12. The molecule has 4 N–H and O–H groups in total. The third-order valence-electron chi connectivity index (χ3n) is 4.52. The molecule has 0 spiro atoms. The molecule has 156 valence electrons. The summed E-state index contributed by atoms with van der Waals surface area (Å²) in [7, 11) is 1.97. The highest BCUT2D eigenvalue weighted by Crippen LogP contribution is 2.32. The average molecular weight is 404 g/mol.